The van der Waals surface area contributed by atoms with E-state index < -0.39 is 0 Å². The van der Waals surface area contributed by atoms with E-state index in [2.05, 4.69) is 13.8 Å². The van der Waals surface area contributed by atoms with E-state index in [1.807, 2.05) is 0 Å². The Bertz CT molecular complexity index is 110. The molecule has 0 saturated heterocycles. The van der Waals surface area contributed by atoms with Gasteiger partial charge in [0, 0.05) is 13.2 Å². The molecule has 0 N–H and O–H groups in total. The van der Waals surface area contributed by atoms with E-state index in [1.54, 1.807) is 0 Å². The van der Waals surface area contributed by atoms with Crippen LogP contribution in [0.5, 0.6) is 0 Å². The maximum Gasteiger partial charge on any atom is 0.126 e. The van der Waals surface area contributed by atoms with Crippen LogP contribution in [0.4, 0.5) is 0 Å². The Hall–Kier alpha value is -0.370. The van der Waals surface area contributed by atoms with Gasteiger partial charge in [-0.3, -0.25) is 0 Å². The Morgan fingerprint density at radius 1 is 0.867 bits per heavy atom. The fraction of sp³-hybridized carbons (Fsp3) is 0.923. The topological polar surface area (TPSA) is 26.3 Å². The van der Waals surface area contributed by atoms with Gasteiger partial charge in [-0.15, -0.1) is 0 Å². The first kappa shape index (κ1) is 17.0. The summed E-state index contributed by atoms with van der Waals surface area (Å²) in [6, 6.07) is 0. The Balaban J connectivity index is 0. The van der Waals surface area contributed by atoms with Crippen molar-refractivity contribution in [2.75, 3.05) is 13.2 Å². The van der Waals surface area contributed by atoms with Crippen LogP contribution in [-0.4, -0.2) is 19.0 Å². The van der Waals surface area contributed by atoms with Gasteiger partial charge in [-0.1, -0.05) is 39.5 Å². The molecule has 0 atom stereocenters. The molecule has 0 bridgehead atoms. The van der Waals surface area contributed by atoms with Gasteiger partial charge in [0.25, 0.3) is 0 Å². The summed E-state index contributed by atoms with van der Waals surface area (Å²) in [5, 5.41) is 0. The number of unbranched alkanes of at least 4 members (excludes halogenated alkanes) is 4. The smallest absolute Gasteiger partial charge is 0.126 e. The largest absolute Gasteiger partial charge is 0.381 e. The second kappa shape index (κ2) is 16.1. The van der Waals surface area contributed by atoms with Crippen LogP contribution in [0.3, 0.4) is 0 Å². The third-order valence-electron chi connectivity index (χ3n) is 1.78. The van der Waals surface area contributed by atoms with Gasteiger partial charge < -0.3 is 9.53 Å². The summed E-state index contributed by atoms with van der Waals surface area (Å²) in [6.45, 7) is 9.43. The number of carbonyl (C=O) groups is 1. The van der Waals surface area contributed by atoms with Crippen LogP contribution >= 0.6 is 0 Å². The van der Waals surface area contributed by atoms with Crippen molar-refractivity contribution in [2.24, 2.45) is 0 Å². The standard InChI is InChI=1S/C10H22O.C3H6O/c1-3-5-7-9-11-10-8-6-4-2;1-3(2)4/h3-10H2,1-2H3;1-2H3. The predicted octanol–water partition coefficient (Wildman–Crippen LogP) is 3.98. The van der Waals surface area contributed by atoms with Crippen LogP contribution in [0.25, 0.3) is 0 Å². The average molecular weight is 216 g/mol. The molecule has 0 heterocycles. The van der Waals surface area contributed by atoms with Crippen LogP contribution < -0.4 is 0 Å². The molecule has 0 unspecified atom stereocenters. The van der Waals surface area contributed by atoms with Crippen LogP contribution in [0, 0.1) is 0 Å². The van der Waals surface area contributed by atoms with Gasteiger partial charge in [0.15, 0.2) is 0 Å². The second-order valence-electron chi connectivity index (χ2n) is 3.93. The summed E-state index contributed by atoms with van der Waals surface area (Å²) in [6.07, 6.45) is 7.68. The molecule has 0 aliphatic heterocycles. The fourth-order valence-electron chi connectivity index (χ4n) is 1.01. The molecule has 0 aromatic carbocycles. The summed E-state index contributed by atoms with van der Waals surface area (Å²) in [5.41, 5.74) is 0. The van der Waals surface area contributed by atoms with E-state index >= 15 is 0 Å². The van der Waals surface area contributed by atoms with Gasteiger partial charge in [-0.25, -0.2) is 0 Å². The number of ether oxygens (including phenoxy) is 1. The second-order valence-corrected chi connectivity index (χ2v) is 3.93. The highest BCUT2D eigenvalue weighted by Gasteiger charge is 1.88. The van der Waals surface area contributed by atoms with E-state index in [1.165, 1.54) is 52.4 Å². The van der Waals surface area contributed by atoms with E-state index in [-0.39, 0.29) is 5.78 Å². The number of carbonyl (C=O) groups excluding carboxylic acids is 1. The highest BCUT2D eigenvalue weighted by Crippen LogP contribution is 1.97. The summed E-state index contributed by atoms with van der Waals surface area (Å²) in [7, 11) is 0. The lowest BCUT2D eigenvalue weighted by atomic mass is 10.2. The minimum Gasteiger partial charge on any atom is -0.381 e. The van der Waals surface area contributed by atoms with Crippen molar-refractivity contribution < 1.29 is 9.53 Å². The lowest BCUT2D eigenvalue weighted by molar-refractivity contribution is -0.114. The Morgan fingerprint density at radius 3 is 1.47 bits per heavy atom. The summed E-state index contributed by atoms with van der Waals surface area (Å²) in [4.78, 5) is 9.44. The fourth-order valence-corrected chi connectivity index (χ4v) is 1.01. The van der Waals surface area contributed by atoms with Gasteiger partial charge in [-0.2, -0.15) is 0 Å². The van der Waals surface area contributed by atoms with Crippen molar-refractivity contribution in [1.29, 1.82) is 0 Å². The quantitative estimate of drug-likeness (QED) is 0.574. The molecule has 0 aliphatic rings. The Labute approximate surface area is 95.4 Å². The SMILES string of the molecule is CC(C)=O.CCCCCOCCCCC. The van der Waals surface area contributed by atoms with Crippen molar-refractivity contribution in [2.45, 2.75) is 66.2 Å². The van der Waals surface area contributed by atoms with Gasteiger partial charge in [0.1, 0.15) is 5.78 Å². The Morgan fingerprint density at radius 2 is 1.20 bits per heavy atom. The molecule has 0 rings (SSSR count). The highest BCUT2D eigenvalue weighted by atomic mass is 16.5. The van der Waals surface area contributed by atoms with E-state index in [4.69, 9.17) is 4.74 Å². The molecule has 0 aromatic rings. The van der Waals surface area contributed by atoms with Crippen molar-refractivity contribution in [3.8, 4) is 0 Å². The molecule has 2 heteroatoms. The lowest BCUT2D eigenvalue weighted by Gasteiger charge is -2.01. The number of rotatable bonds is 8. The van der Waals surface area contributed by atoms with E-state index in [0.29, 0.717) is 0 Å². The molecule has 0 spiro atoms. The normalized spacial score (nSPS) is 9.33. The van der Waals surface area contributed by atoms with Gasteiger partial charge >= 0.3 is 0 Å². The molecule has 0 amide bonds. The first-order chi connectivity index (χ1) is 7.15. The molecule has 0 radical (unpaired) electrons. The predicted molar refractivity (Wildman–Crippen MR) is 66.2 cm³/mol. The number of ketones is 1. The first-order valence-corrected chi connectivity index (χ1v) is 6.20. The number of hydrogen-bond acceptors (Lipinski definition) is 2. The third kappa shape index (κ3) is 31.7. The lowest BCUT2D eigenvalue weighted by Crippen LogP contribution is -1.96. The molecule has 0 fully saturated rings. The average Bonchev–Trinajstić information content (AvgIpc) is 2.16. The summed E-state index contributed by atoms with van der Waals surface area (Å²) in [5.74, 6) is 0.167. The van der Waals surface area contributed by atoms with Crippen molar-refractivity contribution >= 4 is 5.78 Å². The zero-order chi connectivity index (χ0) is 11.9. The molecule has 0 aromatic heterocycles. The molecule has 0 aliphatic carbocycles. The molecule has 0 saturated carbocycles. The van der Waals surface area contributed by atoms with E-state index in [0.717, 1.165) is 13.2 Å². The van der Waals surface area contributed by atoms with Gasteiger partial charge in [0.2, 0.25) is 0 Å². The minimum atomic E-state index is 0.167. The Kier molecular flexibility index (Phi) is 18.3. The third-order valence-corrected chi connectivity index (χ3v) is 1.78. The molecular weight excluding hydrogens is 188 g/mol. The molecule has 2 nitrogen and oxygen atoms in total. The minimum absolute atomic E-state index is 0.167. The summed E-state index contributed by atoms with van der Waals surface area (Å²) >= 11 is 0. The zero-order valence-corrected chi connectivity index (χ0v) is 11.0. The van der Waals surface area contributed by atoms with Crippen molar-refractivity contribution in [1.82, 2.24) is 0 Å². The van der Waals surface area contributed by atoms with Crippen LogP contribution in [-0.2, 0) is 9.53 Å². The number of Topliss-reactive ketones (excluding diaryl/α,β-unsaturated/α-hetero) is 1. The number of hydrogen-bond donors (Lipinski definition) is 0. The molecular formula is C13H28O2. The van der Waals surface area contributed by atoms with Gasteiger partial charge in [-0.05, 0) is 26.7 Å². The summed E-state index contributed by atoms with van der Waals surface area (Å²) < 4.78 is 5.44. The molecule has 92 valence electrons. The highest BCUT2D eigenvalue weighted by molar-refractivity contribution is 5.72. The van der Waals surface area contributed by atoms with Gasteiger partial charge in [0.05, 0.1) is 0 Å². The first-order valence-electron chi connectivity index (χ1n) is 6.20. The maximum absolute atomic E-state index is 9.44. The maximum atomic E-state index is 9.44. The zero-order valence-electron chi connectivity index (χ0n) is 11.0. The van der Waals surface area contributed by atoms with Crippen molar-refractivity contribution in [3.05, 3.63) is 0 Å². The van der Waals surface area contributed by atoms with Crippen molar-refractivity contribution in [3.63, 3.8) is 0 Å². The monoisotopic (exact) mass is 216 g/mol. The molecule has 15 heavy (non-hydrogen) atoms. The van der Waals surface area contributed by atoms with Crippen LogP contribution in [0.1, 0.15) is 66.2 Å². The van der Waals surface area contributed by atoms with Crippen LogP contribution in [0.2, 0.25) is 0 Å². The van der Waals surface area contributed by atoms with Crippen LogP contribution in [0.15, 0.2) is 0 Å². The van der Waals surface area contributed by atoms with E-state index in [9.17, 15) is 4.79 Å².